The van der Waals surface area contributed by atoms with Gasteiger partial charge in [-0.05, 0) is 38.0 Å². The Morgan fingerprint density at radius 2 is 1.86 bits per heavy atom. The van der Waals surface area contributed by atoms with Crippen LogP contribution in [0.4, 0.5) is 5.69 Å². The SMILES string of the molecule is CC1OC(C)C(C(=O)Nc2cc(C(=O)O)ccc2O)C1C. The first kappa shape index (κ1) is 15.3. The van der Waals surface area contributed by atoms with E-state index in [0.29, 0.717) is 0 Å². The Morgan fingerprint density at radius 1 is 1.19 bits per heavy atom. The van der Waals surface area contributed by atoms with Crippen LogP contribution >= 0.6 is 0 Å². The zero-order chi connectivity index (χ0) is 15.7. The van der Waals surface area contributed by atoms with E-state index < -0.39 is 5.97 Å². The third-order valence-electron chi connectivity index (χ3n) is 4.05. The molecule has 1 aliphatic heterocycles. The molecule has 4 unspecified atom stereocenters. The summed E-state index contributed by atoms with van der Waals surface area (Å²) in [7, 11) is 0. The van der Waals surface area contributed by atoms with Gasteiger partial charge >= 0.3 is 5.97 Å². The quantitative estimate of drug-likeness (QED) is 0.742. The predicted octanol–water partition coefficient (Wildman–Crippen LogP) is 2.09. The van der Waals surface area contributed by atoms with E-state index in [1.54, 1.807) is 0 Å². The molecule has 0 radical (unpaired) electrons. The van der Waals surface area contributed by atoms with Crippen molar-refractivity contribution in [1.82, 2.24) is 0 Å². The number of hydrogen-bond donors (Lipinski definition) is 3. The molecule has 21 heavy (non-hydrogen) atoms. The number of rotatable bonds is 3. The summed E-state index contributed by atoms with van der Waals surface area (Å²) in [5.41, 5.74) is 0.0964. The predicted molar refractivity (Wildman–Crippen MR) is 76.4 cm³/mol. The van der Waals surface area contributed by atoms with Gasteiger partial charge in [-0.15, -0.1) is 0 Å². The fourth-order valence-electron chi connectivity index (χ4n) is 2.70. The van der Waals surface area contributed by atoms with Crippen molar-refractivity contribution in [3.8, 4) is 5.75 Å². The second-order valence-electron chi connectivity index (χ2n) is 5.46. The molecule has 2 rings (SSSR count). The minimum Gasteiger partial charge on any atom is -0.506 e. The van der Waals surface area contributed by atoms with E-state index in [9.17, 15) is 14.7 Å². The Kier molecular flexibility index (Phi) is 4.18. The average molecular weight is 293 g/mol. The van der Waals surface area contributed by atoms with Crippen LogP contribution in [0.25, 0.3) is 0 Å². The Labute approximate surface area is 122 Å². The van der Waals surface area contributed by atoms with Gasteiger partial charge in [-0.3, -0.25) is 4.79 Å². The number of nitrogens with one attached hydrogen (secondary N) is 1. The summed E-state index contributed by atoms with van der Waals surface area (Å²) in [6, 6.07) is 3.77. The van der Waals surface area contributed by atoms with Gasteiger partial charge in [0.25, 0.3) is 0 Å². The zero-order valence-corrected chi connectivity index (χ0v) is 12.2. The molecule has 1 saturated heterocycles. The van der Waals surface area contributed by atoms with Gasteiger partial charge in [0, 0.05) is 0 Å². The van der Waals surface area contributed by atoms with Crippen molar-refractivity contribution >= 4 is 17.6 Å². The number of benzene rings is 1. The van der Waals surface area contributed by atoms with E-state index in [0.717, 1.165) is 0 Å². The minimum atomic E-state index is -1.12. The molecule has 1 aromatic rings. The maximum Gasteiger partial charge on any atom is 0.335 e. The number of hydrogen-bond acceptors (Lipinski definition) is 4. The van der Waals surface area contributed by atoms with E-state index >= 15 is 0 Å². The zero-order valence-electron chi connectivity index (χ0n) is 12.2. The van der Waals surface area contributed by atoms with Crippen LogP contribution < -0.4 is 5.32 Å². The number of anilines is 1. The first-order valence-corrected chi connectivity index (χ1v) is 6.84. The van der Waals surface area contributed by atoms with Crippen LogP contribution in [0.3, 0.4) is 0 Å². The summed E-state index contributed by atoms with van der Waals surface area (Å²) in [5.74, 6) is -1.86. The molecule has 6 heteroatoms. The molecule has 0 bridgehead atoms. The number of carbonyl (C=O) groups is 2. The summed E-state index contributed by atoms with van der Waals surface area (Å²) in [4.78, 5) is 23.3. The van der Waals surface area contributed by atoms with Crippen molar-refractivity contribution in [1.29, 1.82) is 0 Å². The van der Waals surface area contributed by atoms with Crippen LogP contribution in [0.15, 0.2) is 18.2 Å². The number of carbonyl (C=O) groups excluding carboxylic acids is 1. The number of phenolic OH excluding ortho intramolecular Hbond substituents is 1. The van der Waals surface area contributed by atoms with Gasteiger partial charge in [0.1, 0.15) is 5.75 Å². The number of phenols is 1. The molecule has 0 aliphatic carbocycles. The number of aromatic hydroxyl groups is 1. The highest BCUT2D eigenvalue weighted by molar-refractivity contribution is 5.97. The van der Waals surface area contributed by atoms with Crippen molar-refractivity contribution in [2.45, 2.75) is 33.0 Å². The van der Waals surface area contributed by atoms with Crippen LogP contribution in [-0.4, -0.2) is 34.3 Å². The first-order chi connectivity index (χ1) is 9.81. The first-order valence-electron chi connectivity index (χ1n) is 6.84. The van der Waals surface area contributed by atoms with E-state index in [-0.39, 0.29) is 47.0 Å². The van der Waals surface area contributed by atoms with Crippen molar-refractivity contribution in [3.63, 3.8) is 0 Å². The van der Waals surface area contributed by atoms with Gasteiger partial charge in [0.2, 0.25) is 5.91 Å². The normalized spacial score (nSPS) is 28.3. The molecule has 1 heterocycles. The summed E-state index contributed by atoms with van der Waals surface area (Å²) < 4.78 is 5.62. The smallest absolute Gasteiger partial charge is 0.335 e. The van der Waals surface area contributed by atoms with Crippen molar-refractivity contribution < 1.29 is 24.5 Å². The highest BCUT2D eigenvalue weighted by Crippen LogP contribution is 2.34. The Hall–Kier alpha value is -2.08. The molecule has 6 nitrogen and oxygen atoms in total. The van der Waals surface area contributed by atoms with Crippen LogP contribution in [0.1, 0.15) is 31.1 Å². The minimum absolute atomic E-state index is 0.000219. The Balaban J connectivity index is 2.20. The molecule has 0 aromatic heterocycles. The lowest BCUT2D eigenvalue weighted by Crippen LogP contribution is -2.32. The van der Waals surface area contributed by atoms with Gasteiger partial charge in [-0.2, -0.15) is 0 Å². The topological polar surface area (TPSA) is 95.9 Å². The third kappa shape index (κ3) is 3.00. The Morgan fingerprint density at radius 3 is 2.38 bits per heavy atom. The third-order valence-corrected chi connectivity index (χ3v) is 4.05. The van der Waals surface area contributed by atoms with Crippen molar-refractivity contribution in [2.75, 3.05) is 5.32 Å². The van der Waals surface area contributed by atoms with Crippen LogP contribution in [0.2, 0.25) is 0 Å². The lowest BCUT2D eigenvalue weighted by molar-refractivity contribution is -0.122. The lowest BCUT2D eigenvalue weighted by Gasteiger charge is -2.18. The second-order valence-corrected chi connectivity index (χ2v) is 5.46. The number of aromatic carboxylic acids is 1. The van der Waals surface area contributed by atoms with E-state index in [1.807, 2.05) is 20.8 Å². The van der Waals surface area contributed by atoms with Crippen molar-refractivity contribution in [2.24, 2.45) is 11.8 Å². The monoisotopic (exact) mass is 293 g/mol. The van der Waals surface area contributed by atoms with Gasteiger partial charge in [-0.1, -0.05) is 6.92 Å². The number of carboxylic acid groups (broad SMARTS) is 1. The molecule has 0 saturated carbocycles. The lowest BCUT2D eigenvalue weighted by atomic mass is 9.89. The standard InChI is InChI=1S/C15H19NO5/c1-7-8(2)21-9(3)13(7)14(18)16-11-6-10(15(19)20)4-5-12(11)17/h4-9,13,17H,1-3H3,(H,16,18)(H,19,20). The van der Waals surface area contributed by atoms with Gasteiger partial charge < -0.3 is 20.3 Å². The molecular weight excluding hydrogens is 274 g/mol. The number of amides is 1. The summed E-state index contributed by atoms with van der Waals surface area (Å²) >= 11 is 0. The molecule has 1 aromatic carbocycles. The summed E-state index contributed by atoms with van der Waals surface area (Å²) in [5, 5.41) is 21.3. The van der Waals surface area contributed by atoms with Crippen LogP contribution in [0.5, 0.6) is 5.75 Å². The number of carboxylic acids is 1. The van der Waals surface area contributed by atoms with Crippen molar-refractivity contribution in [3.05, 3.63) is 23.8 Å². The second kappa shape index (κ2) is 5.73. The summed E-state index contributed by atoms with van der Waals surface area (Å²) in [6.07, 6.45) is -0.241. The maximum atomic E-state index is 12.4. The highest BCUT2D eigenvalue weighted by Gasteiger charge is 2.41. The average Bonchev–Trinajstić information content (AvgIpc) is 2.65. The molecular formula is C15H19NO5. The van der Waals surface area contributed by atoms with Gasteiger partial charge in [0.05, 0.1) is 29.4 Å². The molecule has 4 atom stereocenters. The highest BCUT2D eigenvalue weighted by atomic mass is 16.5. The molecule has 114 valence electrons. The molecule has 3 N–H and O–H groups in total. The maximum absolute atomic E-state index is 12.4. The molecule has 1 aliphatic rings. The van der Waals surface area contributed by atoms with Crippen LogP contribution in [-0.2, 0) is 9.53 Å². The molecule has 0 spiro atoms. The van der Waals surface area contributed by atoms with Gasteiger partial charge in [-0.25, -0.2) is 4.79 Å². The van der Waals surface area contributed by atoms with Crippen LogP contribution in [0, 0.1) is 11.8 Å². The molecule has 1 fully saturated rings. The van der Waals surface area contributed by atoms with Gasteiger partial charge in [0.15, 0.2) is 0 Å². The summed E-state index contributed by atoms with van der Waals surface area (Å²) in [6.45, 7) is 5.68. The fraction of sp³-hybridized carbons (Fsp3) is 0.467. The number of ether oxygens (including phenoxy) is 1. The molecule has 1 amide bonds. The Bertz CT molecular complexity index is 571. The fourth-order valence-corrected chi connectivity index (χ4v) is 2.70. The largest absolute Gasteiger partial charge is 0.506 e. The van der Waals surface area contributed by atoms with E-state index in [4.69, 9.17) is 9.84 Å². The van der Waals surface area contributed by atoms with E-state index in [2.05, 4.69) is 5.32 Å². The van der Waals surface area contributed by atoms with E-state index in [1.165, 1.54) is 18.2 Å².